The molecule has 110 valence electrons. The van der Waals surface area contributed by atoms with Gasteiger partial charge in [-0.2, -0.15) is 15.0 Å². The predicted molar refractivity (Wildman–Crippen MR) is 79.8 cm³/mol. The van der Waals surface area contributed by atoms with Gasteiger partial charge in [0.05, 0.1) is 13.2 Å². The van der Waals surface area contributed by atoms with Crippen molar-refractivity contribution in [2.45, 2.75) is 20.3 Å². The van der Waals surface area contributed by atoms with E-state index in [2.05, 4.69) is 26.3 Å². The molecule has 2 aromatic rings. The average Bonchev–Trinajstić information content (AvgIpc) is 2.95. The molecule has 0 spiro atoms. The van der Waals surface area contributed by atoms with E-state index in [4.69, 9.17) is 9.47 Å². The number of anilines is 1. The maximum Gasteiger partial charge on any atom is 0.321 e. The number of hydrogen-bond donors (Lipinski definition) is 1. The molecule has 6 nitrogen and oxygen atoms in total. The second-order valence-corrected chi connectivity index (χ2v) is 4.65. The summed E-state index contributed by atoms with van der Waals surface area (Å²) in [5.41, 5.74) is 2.14. The fourth-order valence-electron chi connectivity index (χ4n) is 2.24. The molecule has 1 N–H and O–H groups in total. The smallest absolute Gasteiger partial charge is 0.321 e. The zero-order chi connectivity index (χ0) is 14.7. The Kier molecular flexibility index (Phi) is 3.85. The minimum absolute atomic E-state index is 0.343. The van der Waals surface area contributed by atoms with Gasteiger partial charge in [0.1, 0.15) is 5.75 Å². The third kappa shape index (κ3) is 2.89. The summed E-state index contributed by atoms with van der Waals surface area (Å²) >= 11 is 0. The highest BCUT2D eigenvalue weighted by atomic mass is 16.5. The van der Waals surface area contributed by atoms with E-state index in [1.807, 2.05) is 26.0 Å². The quantitative estimate of drug-likeness (QED) is 0.909. The van der Waals surface area contributed by atoms with Crippen molar-refractivity contribution in [3.63, 3.8) is 0 Å². The van der Waals surface area contributed by atoms with Crippen LogP contribution in [0.25, 0.3) is 11.4 Å². The topological polar surface area (TPSA) is 69.2 Å². The maximum absolute atomic E-state index is 5.52. The Balaban J connectivity index is 1.99. The van der Waals surface area contributed by atoms with Crippen molar-refractivity contribution in [1.29, 1.82) is 0 Å². The van der Waals surface area contributed by atoms with Crippen molar-refractivity contribution < 1.29 is 9.47 Å². The van der Waals surface area contributed by atoms with Crippen molar-refractivity contribution in [2.75, 3.05) is 25.1 Å². The lowest BCUT2D eigenvalue weighted by Gasteiger charge is -2.08. The molecule has 2 heterocycles. The molecular formula is C15H18N4O2. The van der Waals surface area contributed by atoms with E-state index in [-0.39, 0.29) is 0 Å². The second-order valence-electron chi connectivity index (χ2n) is 4.65. The number of aromatic nitrogens is 3. The summed E-state index contributed by atoms with van der Waals surface area (Å²) in [6, 6.07) is 6.35. The van der Waals surface area contributed by atoms with Crippen LogP contribution in [-0.2, 0) is 6.42 Å². The Labute approximate surface area is 123 Å². The van der Waals surface area contributed by atoms with Crippen molar-refractivity contribution in [3.8, 4) is 23.1 Å². The van der Waals surface area contributed by atoms with Gasteiger partial charge in [0.15, 0.2) is 5.82 Å². The average molecular weight is 286 g/mol. The largest absolute Gasteiger partial charge is 0.493 e. The zero-order valence-electron chi connectivity index (χ0n) is 12.2. The first-order valence-electron chi connectivity index (χ1n) is 7.19. The highest BCUT2D eigenvalue weighted by Gasteiger charge is 2.15. The number of rotatable bonds is 5. The highest BCUT2D eigenvalue weighted by Crippen LogP contribution is 2.29. The fraction of sp³-hybridized carbons (Fsp3) is 0.400. The van der Waals surface area contributed by atoms with Crippen molar-refractivity contribution >= 4 is 5.95 Å². The summed E-state index contributed by atoms with van der Waals surface area (Å²) in [5, 5.41) is 3.10. The summed E-state index contributed by atoms with van der Waals surface area (Å²) < 4.78 is 10.9. The van der Waals surface area contributed by atoms with E-state index in [0.29, 0.717) is 24.4 Å². The molecule has 1 aliphatic heterocycles. The molecule has 1 aromatic carbocycles. The van der Waals surface area contributed by atoms with Crippen LogP contribution in [-0.4, -0.2) is 34.7 Å². The van der Waals surface area contributed by atoms with Gasteiger partial charge in [0.25, 0.3) is 0 Å². The minimum atomic E-state index is 0.343. The Morgan fingerprint density at radius 2 is 2.14 bits per heavy atom. The Morgan fingerprint density at radius 1 is 1.24 bits per heavy atom. The summed E-state index contributed by atoms with van der Waals surface area (Å²) in [6.45, 7) is 5.91. The van der Waals surface area contributed by atoms with Crippen LogP contribution < -0.4 is 14.8 Å². The second kappa shape index (κ2) is 5.95. The van der Waals surface area contributed by atoms with E-state index in [9.17, 15) is 0 Å². The monoisotopic (exact) mass is 286 g/mol. The van der Waals surface area contributed by atoms with E-state index in [1.165, 1.54) is 5.56 Å². The van der Waals surface area contributed by atoms with Crippen molar-refractivity contribution in [2.24, 2.45) is 0 Å². The lowest BCUT2D eigenvalue weighted by Crippen LogP contribution is -2.07. The minimum Gasteiger partial charge on any atom is -0.493 e. The molecule has 1 aliphatic rings. The number of fused-ring (bicyclic) bond motifs is 1. The van der Waals surface area contributed by atoms with Crippen LogP contribution >= 0.6 is 0 Å². The first-order valence-corrected chi connectivity index (χ1v) is 7.19. The molecule has 1 aromatic heterocycles. The number of ether oxygens (including phenoxy) is 2. The molecule has 0 unspecified atom stereocenters. The molecule has 0 atom stereocenters. The van der Waals surface area contributed by atoms with Crippen LogP contribution in [0, 0.1) is 0 Å². The van der Waals surface area contributed by atoms with E-state index in [0.717, 1.165) is 30.9 Å². The molecule has 6 heteroatoms. The van der Waals surface area contributed by atoms with Gasteiger partial charge in [-0.15, -0.1) is 0 Å². The summed E-state index contributed by atoms with van der Waals surface area (Å²) in [7, 11) is 0. The van der Waals surface area contributed by atoms with Gasteiger partial charge in [-0.1, -0.05) is 0 Å². The molecule has 3 rings (SSSR count). The zero-order valence-corrected chi connectivity index (χ0v) is 12.2. The predicted octanol–water partition coefficient (Wildman–Crippen LogP) is 2.30. The third-order valence-electron chi connectivity index (χ3n) is 3.17. The normalized spacial score (nSPS) is 12.7. The fourth-order valence-corrected chi connectivity index (χ4v) is 2.24. The molecule has 0 amide bonds. The van der Waals surface area contributed by atoms with Crippen LogP contribution in [0.2, 0.25) is 0 Å². The van der Waals surface area contributed by atoms with Gasteiger partial charge >= 0.3 is 6.01 Å². The standard InChI is InChI=1S/C15H18N4O2/c1-3-16-14-17-13(18-15(19-14)20-4-2)11-5-6-12-10(9-11)7-8-21-12/h5-6,9H,3-4,7-8H2,1-2H3,(H,16,17,18,19). The molecule has 0 saturated heterocycles. The molecule has 21 heavy (non-hydrogen) atoms. The number of hydrogen-bond acceptors (Lipinski definition) is 6. The van der Waals surface area contributed by atoms with Gasteiger partial charge in [0.2, 0.25) is 5.95 Å². The Hall–Kier alpha value is -2.37. The van der Waals surface area contributed by atoms with E-state index in [1.54, 1.807) is 0 Å². The maximum atomic E-state index is 5.52. The highest BCUT2D eigenvalue weighted by molar-refractivity contribution is 5.60. The molecular weight excluding hydrogens is 268 g/mol. The van der Waals surface area contributed by atoms with E-state index < -0.39 is 0 Å². The summed E-state index contributed by atoms with van der Waals surface area (Å²) in [6.07, 6.45) is 0.923. The first kappa shape index (κ1) is 13.6. The molecule has 0 aliphatic carbocycles. The lowest BCUT2D eigenvalue weighted by atomic mass is 10.1. The first-order chi connectivity index (χ1) is 10.3. The molecule has 0 radical (unpaired) electrons. The van der Waals surface area contributed by atoms with Crippen LogP contribution in [0.3, 0.4) is 0 Å². The molecule has 0 fully saturated rings. The van der Waals surface area contributed by atoms with Crippen molar-refractivity contribution in [1.82, 2.24) is 15.0 Å². The Bertz CT molecular complexity index is 621. The van der Waals surface area contributed by atoms with Gasteiger partial charge in [-0.25, -0.2) is 0 Å². The number of benzene rings is 1. The number of nitrogens with one attached hydrogen (secondary N) is 1. The molecule has 0 bridgehead atoms. The molecule has 0 saturated carbocycles. The van der Waals surface area contributed by atoms with Crippen molar-refractivity contribution in [3.05, 3.63) is 23.8 Å². The summed E-state index contributed by atoms with van der Waals surface area (Å²) in [5.74, 6) is 2.09. The van der Waals surface area contributed by atoms with Gasteiger partial charge in [-0.05, 0) is 37.6 Å². The Morgan fingerprint density at radius 3 is 2.95 bits per heavy atom. The SMILES string of the molecule is CCNc1nc(OCC)nc(-c2ccc3c(c2)CCO3)n1. The van der Waals surface area contributed by atoms with Crippen LogP contribution in [0.1, 0.15) is 19.4 Å². The number of nitrogens with zero attached hydrogens (tertiary/aromatic N) is 3. The van der Waals surface area contributed by atoms with Gasteiger partial charge in [-0.3, -0.25) is 0 Å². The van der Waals surface area contributed by atoms with Gasteiger partial charge in [0, 0.05) is 18.5 Å². The lowest BCUT2D eigenvalue weighted by molar-refractivity contribution is 0.312. The van der Waals surface area contributed by atoms with Crippen LogP contribution in [0.4, 0.5) is 5.95 Å². The third-order valence-corrected chi connectivity index (χ3v) is 3.17. The summed E-state index contributed by atoms with van der Waals surface area (Å²) in [4.78, 5) is 13.1. The van der Waals surface area contributed by atoms with Crippen LogP contribution in [0.15, 0.2) is 18.2 Å². The van der Waals surface area contributed by atoms with Gasteiger partial charge < -0.3 is 14.8 Å². The van der Waals surface area contributed by atoms with E-state index >= 15 is 0 Å². The van der Waals surface area contributed by atoms with Crippen LogP contribution in [0.5, 0.6) is 11.8 Å².